The van der Waals surface area contributed by atoms with Crippen LogP contribution in [0.1, 0.15) is 72.1 Å². The molecule has 3 saturated carbocycles. The van der Waals surface area contributed by atoms with E-state index in [1.807, 2.05) is 6.92 Å². The number of nitrogens with zero attached hydrogens (tertiary/aromatic N) is 1. The van der Waals surface area contributed by atoms with Gasteiger partial charge in [-0.3, -0.25) is 4.79 Å². The minimum Gasteiger partial charge on any atom is -0.394 e. The van der Waals surface area contributed by atoms with Crippen LogP contribution in [0.4, 0.5) is 0 Å². The van der Waals surface area contributed by atoms with Crippen molar-refractivity contribution in [1.29, 1.82) is 0 Å². The molecule has 0 aromatic carbocycles. The normalized spacial score (nSPS) is 44.8. The number of rotatable bonds is 3. The van der Waals surface area contributed by atoms with Crippen molar-refractivity contribution in [2.24, 2.45) is 39.5 Å². The molecule has 26 heavy (non-hydrogen) atoms. The zero-order chi connectivity index (χ0) is 18.5. The summed E-state index contributed by atoms with van der Waals surface area (Å²) < 4.78 is 0. The summed E-state index contributed by atoms with van der Waals surface area (Å²) in [5.41, 5.74) is 8.65. The Morgan fingerprint density at radius 1 is 1.15 bits per heavy atom. The molecule has 0 bridgehead atoms. The highest BCUT2D eigenvalue weighted by Crippen LogP contribution is 2.64. The van der Waals surface area contributed by atoms with Gasteiger partial charge in [0.1, 0.15) is 12.4 Å². The van der Waals surface area contributed by atoms with E-state index in [4.69, 9.17) is 10.6 Å². The number of hydrogen-bond donors (Lipinski definition) is 1. The maximum absolute atomic E-state index is 12.5. The molecule has 2 N–H and O–H groups in total. The van der Waals surface area contributed by atoms with E-state index in [9.17, 15) is 4.79 Å². The Balaban J connectivity index is 1.55. The van der Waals surface area contributed by atoms with Gasteiger partial charge in [-0.2, -0.15) is 0 Å². The van der Waals surface area contributed by atoms with Crippen molar-refractivity contribution >= 4 is 11.5 Å². The van der Waals surface area contributed by atoms with Crippen LogP contribution in [0, 0.1) is 28.6 Å². The number of nitrogens with two attached hydrogens (primary N) is 1. The standard InChI is InChI=1S/C22H34N2O2/c1-14(23)13-26-24-16-8-10-21(2)15(12-16)4-5-17-18-6-7-20(25)22(18,3)11-9-19(17)21/h12,14,17-19H,4-11,13,23H2,1-3H3/b24-16+/t14?,17?,18?,19?,21-,22-/m0/s1. The molecule has 4 heteroatoms. The Hall–Kier alpha value is -1.16. The highest BCUT2D eigenvalue weighted by Gasteiger charge is 2.58. The van der Waals surface area contributed by atoms with Crippen molar-refractivity contribution in [2.45, 2.75) is 78.2 Å². The maximum Gasteiger partial charge on any atom is 0.139 e. The number of fused-ring (bicyclic) bond motifs is 5. The van der Waals surface area contributed by atoms with Crippen LogP contribution in [-0.2, 0) is 9.63 Å². The van der Waals surface area contributed by atoms with Gasteiger partial charge in [0.05, 0.1) is 5.71 Å². The second-order valence-corrected chi connectivity index (χ2v) is 9.78. The number of Topliss-reactive ketones (excluding diaryl/α,β-unsaturated/α-hetero) is 1. The van der Waals surface area contributed by atoms with Crippen molar-refractivity contribution in [3.05, 3.63) is 11.6 Å². The van der Waals surface area contributed by atoms with E-state index < -0.39 is 0 Å². The molecular formula is C22H34N2O2. The van der Waals surface area contributed by atoms with E-state index in [1.54, 1.807) is 5.57 Å². The van der Waals surface area contributed by atoms with Crippen LogP contribution < -0.4 is 5.73 Å². The highest BCUT2D eigenvalue weighted by atomic mass is 16.6. The van der Waals surface area contributed by atoms with Gasteiger partial charge in [-0.05, 0) is 81.1 Å². The number of hydrogen-bond acceptors (Lipinski definition) is 4. The third-order valence-corrected chi connectivity index (χ3v) is 8.21. The van der Waals surface area contributed by atoms with E-state index in [-0.39, 0.29) is 16.9 Å². The average Bonchev–Trinajstić information content (AvgIpc) is 2.90. The van der Waals surface area contributed by atoms with Gasteiger partial charge in [0.2, 0.25) is 0 Å². The lowest BCUT2D eigenvalue weighted by molar-refractivity contribution is -0.132. The summed E-state index contributed by atoms with van der Waals surface area (Å²) in [7, 11) is 0. The number of oxime groups is 1. The Labute approximate surface area is 157 Å². The Morgan fingerprint density at radius 3 is 2.69 bits per heavy atom. The summed E-state index contributed by atoms with van der Waals surface area (Å²) in [6.45, 7) is 7.15. The Morgan fingerprint density at radius 2 is 1.92 bits per heavy atom. The molecular weight excluding hydrogens is 324 g/mol. The number of carbonyl (C=O) groups is 1. The fraction of sp³-hybridized carbons (Fsp3) is 0.818. The first-order valence-electron chi connectivity index (χ1n) is 10.5. The van der Waals surface area contributed by atoms with Crippen molar-refractivity contribution in [1.82, 2.24) is 0 Å². The van der Waals surface area contributed by atoms with E-state index >= 15 is 0 Å². The summed E-state index contributed by atoms with van der Waals surface area (Å²) >= 11 is 0. The Kier molecular flexibility index (Phi) is 4.53. The molecule has 144 valence electrons. The maximum atomic E-state index is 12.5. The molecule has 0 spiro atoms. The topological polar surface area (TPSA) is 64.7 Å². The van der Waals surface area contributed by atoms with E-state index in [0.29, 0.717) is 18.3 Å². The fourth-order valence-electron chi connectivity index (χ4n) is 6.65. The molecule has 0 amide bonds. The lowest BCUT2D eigenvalue weighted by atomic mass is 9.47. The molecule has 4 unspecified atom stereocenters. The van der Waals surface area contributed by atoms with Crippen molar-refractivity contribution in [3.8, 4) is 0 Å². The van der Waals surface area contributed by atoms with Gasteiger partial charge in [0, 0.05) is 17.9 Å². The van der Waals surface area contributed by atoms with Gasteiger partial charge in [0.15, 0.2) is 0 Å². The fourth-order valence-corrected chi connectivity index (χ4v) is 6.65. The molecule has 6 atom stereocenters. The van der Waals surface area contributed by atoms with Crippen LogP contribution in [0.3, 0.4) is 0 Å². The molecule has 0 aliphatic heterocycles. The van der Waals surface area contributed by atoms with Crippen LogP contribution in [0.5, 0.6) is 0 Å². The highest BCUT2D eigenvalue weighted by molar-refractivity contribution is 5.96. The van der Waals surface area contributed by atoms with Gasteiger partial charge in [-0.25, -0.2) is 0 Å². The minimum absolute atomic E-state index is 0.0157. The number of carbonyl (C=O) groups excluding carboxylic acids is 1. The molecule has 4 aliphatic rings. The smallest absolute Gasteiger partial charge is 0.139 e. The minimum atomic E-state index is -0.0210. The third kappa shape index (κ3) is 2.76. The van der Waals surface area contributed by atoms with E-state index in [1.165, 1.54) is 12.8 Å². The second-order valence-electron chi connectivity index (χ2n) is 9.78. The summed E-state index contributed by atoms with van der Waals surface area (Å²) in [5, 5.41) is 4.34. The summed E-state index contributed by atoms with van der Waals surface area (Å²) in [5.74, 6) is 2.63. The molecule has 0 heterocycles. The van der Waals surface area contributed by atoms with Crippen LogP contribution in [0.25, 0.3) is 0 Å². The quantitative estimate of drug-likeness (QED) is 0.768. The first kappa shape index (κ1) is 18.2. The average molecular weight is 359 g/mol. The predicted octanol–water partition coefficient (Wildman–Crippen LogP) is 4.24. The molecule has 3 fully saturated rings. The summed E-state index contributed by atoms with van der Waals surface area (Å²) in [6.07, 6.45) is 11.1. The Bertz CT molecular complexity index is 653. The molecule has 4 nitrogen and oxygen atoms in total. The summed E-state index contributed by atoms with van der Waals surface area (Å²) in [4.78, 5) is 17.9. The SMILES string of the molecule is CC(N)CO/N=C1/C=C2CCC3C(CC[C@]4(C)C(=O)CCC34)[C@@]2(C)CC1. The first-order valence-corrected chi connectivity index (χ1v) is 10.5. The molecule has 4 aliphatic carbocycles. The lowest BCUT2D eigenvalue weighted by Gasteiger charge is -2.57. The van der Waals surface area contributed by atoms with Crippen LogP contribution in [0.15, 0.2) is 16.8 Å². The van der Waals surface area contributed by atoms with Crippen LogP contribution >= 0.6 is 0 Å². The van der Waals surface area contributed by atoms with Crippen molar-refractivity contribution in [2.75, 3.05) is 6.61 Å². The molecule has 0 radical (unpaired) electrons. The van der Waals surface area contributed by atoms with E-state index in [0.717, 1.165) is 56.1 Å². The van der Waals surface area contributed by atoms with Gasteiger partial charge in [-0.15, -0.1) is 0 Å². The summed E-state index contributed by atoms with van der Waals surface area (Å²) in [6, 6.07) is 0.0157. The number of ketones is 1. The van der Waals surface area contributed by atoms with Gasteiger partial charge < -0.3 is 10.6 Å². The van der Waals surface area contributed by atoms with Gasteiger partial charge in [-0.1, -0.05) is 24.6 Å². The third-order valence-electron chi connectivity index (χ3n) is 8.21. The van der Waals surface area contributed by atoms with Crippen LogP contribution in [-0.4, -0.2) is 24.1 Å². The lowest BCUT2D eigenvalue weighted by Crippen LogP contribution is -2.50. The second kappa shape index (κ2) is 6.47. The monoisotopic (exact) mass is 358 g/mol. The van der Waals surface area contributed by atoms with Crippen molar-refractivity contribution < 1.29 is 9.63 Å². The molecule has 0 saturated heterocycles. The largest absolute Gasteiger partial charge is 0.394 e. The first-order chi connectivity index (χ1) is 12.3. The van der Waals surface area contributed by atoms with E-state index in [2.05, 4.69) is 25.1 Å². The molecule has 4 rings (SSSR count). The number of allylic oxidation sites excluding steroid dienone is 2. The zero-order valence-electron chi connectivity index (χ0n) is 16.6. The molecule has 0 aromatic rings. The zero-order valence-corrected chi connectivity index (χ0v) is 16.6. The van der Waals surface area contributed by atoms with Gasteiger partial charge >= 0.3 is 0 Å². The van der Waals surface area contributed by atoms with Gasteiger partial charge in [0.25, 0.3) is 0 Å². The molecule has 0 aromatic heterocycles. The van der Waals surface area contributed by atoms with Crippen molar-refractivity contribution in [3.63, 3.8) is 0 Å². The van der Waals surface area contributed by atoms with Crippen LogP contribution in [0.2, 0.25) is 0 Å². The predicted molar refractivity (Wildman–Crippen MR) is 104 cm³/mol.